The molecule has 1 atom stereocenters. The Kier molecular flexibility index (Phi) is 7.66. The van der Waals surface area contributed by atoms with Crippen molar-refractivity contribution in [2.45, 2.75) is 39.4 Å². The lowest BCUT2D eigenvalue weighted by Crippen LogP contribution is -2.43. The van der Waals surface area contributed by atoms with Crippen LogP contribution in [-0.2, 0) is 22.2 Å². The molecule has 3 aromatic rings. The Hall–Kier alpha value is -4.08. The molecule has 0 aliphatic carbocycles. The number of hydrogen-bond acceptors (Lipinski definition) is 7. The molecule has 0 unspecified atom stereocenters. The summed E-state index contributed by atoms with van der Waals surface area (Å²) in [7, 11) is 0. The standard InChI is InChI=1S/C27H27F3N4O3/c1-5-35-18(4)24-14-23(26(33-32-24)37-22-8-6-7-20(13-22)27(28,29)30)25-31-21(15-36-34-25)12-19-10-9-16(2)11-17(19)3/h6-11,13-14,21H,4-5,12,15H2,1-3H3,(H,31,34)/t21-/m1/s1. The predicted octanol–water partition coefficient (Wildman–Crippen LogP) is 5.80. The lowest BCUT2D eigenvalue weighted by molar-refractivity contribution is -0.137. The van der Waals surface area contributed by atoms with E-state index in [2.05, 4.69) is 52.4 Å². The lowest BCUT2D eigenvalue weighted by atomic mass is 9.99. The molecule has 37 heavy (non-hydrogen) atoms. The number of aryl methyl sites for hydroxylation is 2. The van der Waals surface area contributed by atoms with Gasteiger partial charge in [0.2, 0.25) is 5.88 Å². The van der Waals surface area contributed by atoms with Crippen molar-refractivity contribution in [3.63, 3.8) is 0 Å². The molecule has 0 saturated heterocycles. The first-order valence-electron chi connectivity index (χ1n) is 11.7. The summed E-state index contributed by atoms with van der Waals surface area (Å²) >= 11 is 0. The van der Waals surface area contributed by atoms with Gasteiger partial charge in [-0.3, -0.25) is 0 Å². The number of halogens is 3. The van der Waals surface area contributed by atoms with Gasteiger partial charge in [-0.2, -0.15) is 13.2 Å². The third-order valence-electron chi connectivity index (χ3n) is 5.73. The van der Waals surface area contributed by atoms with Gasteiger partial charge in [-0.05, 0) is 62.6 Å². The van der Waals surface area contributed by atoms with Gasteiger partial charge in [-0.25, -0.2) is 0 Å². The second kappa shape index (κ2) is 10.9. The molecule has 194 valence electrons. The number of amidine groups is 1. The Balaban J connectivity index is 1.65. The third kappa shape index (κ3) is 6.38. The summed E-state index contributed by atoms with van der Waals surface area (Å²) in [5, 5.41) is 15.7. The smallest absolute Gasteiger partial charge is 0.416 e. The maximum atomic E-state index is 13.2. The number of nitrogens with one attached hydrogen (secondary N) is 1. The highest BCUT2D eigenvalue weighted by Gasteiger charge is 2.31. The Morgan fingerprint density at radius 3 is 2.68 bits per heavy atom. The van der Waals surface area contributed by atoms with E-state index in [1.165, 1.54) is 23.3 Å². The highest BCUT2D eigenvalue weighted by atomic mass is 19.4. The predicted molar refractivity (Wildman–Crippen MR) is 133 cm³/mol. The molecule has 4 rings (SSSR count). The zero-order chi connectivity index (χ0) is 26.6. The van der Waals surface area contributed by atoms with E-state index < -0.39 is 11.7 Å². The van der Waals surface area contributed by atoms with Crippen LogP contribution in [0.25, 0.3) is 5.76 Å². The van der Waals surface area contributed by atoms with Gasteiger partial charge in [0.25, 0.3) is 0 Å². The summed E-state index contributed by atoms with van der Waals surface area (Å²) in [4.78, 5) is 5.52. The first-order valence-corrected chi connectivity index (χ1v) is 11.7. The number of alkyl halides is 3. The molecule has 0 fully saturated rings. The van der Waals surface area contributed by atoms with Crippen LogP contribution in [0.15, 0.2) is 60.3 Å². The van der Waals surface area contributed by atoms with Crippen molar-refractivity contribution >= 4 is 11.6 Å². The average Bonchev–Trinajstić information content (AvgIpc) is 2.86. The molecule has 0 spiro atoms. The Labute approximate surface area is 213 Å². The van der Waals surface area contributed by atoms with Crippen molar-refractivity contribution in [1.82, 2.24) is 15.5 Å². The zero-order valence-corrected chi connectivity index (χ0v) is 20.7. The first kappa shape index (κ1) is 26.0. The Morgan fingerprint density at radius 2 is 1.95 bits per heavy atom. The number of nitrogens with zero attached hydrogens (tertiary/aromatic N) is 3. The molecular weight excluding hydrogens is 485 g/mol. The summed E-state index contributed by atoms with van der Waals surface area (Å²) in [6, 6.07) is 12.3. The number of ether oxygens (including phenoxy) is 2. The van der Waals surface area contributed by atoms with Gasteiger partial charge >= 0.3 is 6.18 Å². The summed E-state index contributed by atoms with van der Waals surface area (Å²) in [6.45, 7) is 10.5. The van der Waals surface area contributed by atoms with Crippen LogP contribution < -0.4 is 10.1 Å². The highest BCUT2D eigenvalue weighted by molar-refractivity contribution is 6.01. The van der Waals surface area contributed by atoms with Crippen LogP contribution in [0.2, 0.25) is 0 Å². The van der Waals surface area contributed by atoms with Crippen LogP contribution in [0, 0.1) is 13.8 Å². The van der Waals surface area contributed by atoms with Crippen LogP contribution in [0.4, 0.5) is 13.2 Å². The molecule has 2 aromatic carbocycles. The van der Waals surface area contributed by atoms with E-state index in [0.29, 0.717) is 36.7 Å². The van der Waals surface area contributed by atoms with E-state index in [0.717, 1.165) is 17.7 Å². The number of benzene rings is 2. The van der Waals surface area contributed by atoms with E-state index in [1.807, 2.05) is 13.8 Å². The van der Waals surface area contributed by atoms with E-state index in [4.69, 9.17) is 14.3 Å². The van der Waals surface area contributed by atoms with E-state index in [9.17, 15) is 13.2 Å². The quantitative estimate of drug-likeness (QED) is 0.384. The van der Waals surface area contributed by atoms with Crippen molar-refractivity contribution in [2.24, 2.45) is 5.16 Å². The van der Waals surface area contributed by atoms with Crippen molar-refractivity contribution < 1.29 is 27.5 Å². The zero-order valence-electron chi connectivity index (χ0n) is 20.7. The van der Waals surface area contributed by atoms with Crippen LogP contribution in [0.1, 0.15) is 40.4 Å². The minimum Gasteiger partial charge on any atom is -0.492 e. The fourth-order valence-corrected chi connectivity index (χ4v) is 3.89. The minimum atomic E-state index is -4.52. The maximum absolute atomic E-state index is 13.2. The molecule has 0 amide bonds. The van der Waals surface area contributed by atoms with E-state index in [-0.39, 0.29) is 23.4 Å². The molecule has 7 nitrogen and oxygen atoms in total. The van der Waals surface area contributed by atoms with Crippen LogP contribution in [0.3, 0.4) is 0 Å². The molecule has 1 aromatic heterocycles. The Morgan fingerprint density at radius 1 is 1.14 bits per heavy atom. The second-order valence-corrected chi connectivity index (χ2v) is 8.64. The summed E-state index contributed by atoms with van der Waals surface area (Å²) < 4.78 is 50.8. The highest BCUT2D eigenvalue weighted by Crippen LogP contribution is 2.33. The normalized spacial score (nSPS) is 15.3. The summed E-state index contributed by atoms with van der Waals surface area (Å²) in [5.41, 5.74) is 3.33. The fraction of sp³-hybridized carbons (Fsp3) is 0.296. The third-order valence-corrected chi connectivity index (χ3v) is 5.73. The lowest BCUT2D eigenvalue weighted by Gasteiger charge is -2.25. The molecule has 0 bridgehead atoms. The van der Waals surface area contributed by atoms with Crippen LogP contribution in [0.5, 0.6) is 11.6 Å². The van der Waals surface area contributed by atoms with Crippen molar-refractivity contribution in [3.05, 3.63) is 88.6 Å². The second-order valence-electron chi connectivity index (χ2n) is 8.64. The minimum absolute atomic E-state index is 0.0469. The van der Waals surface area contributed by atoms with Crippen molar-refractivity contribution in [2.75, 3.05) is 13.2 Å². The molecule has 0 saturated carbocycles. The Bertz CT molecular complexity index is 1320. The molecule has 10 heteroatoms. The SMILES string of the molecule is C=C(OCC)c1cc(C2=NOC[C@@H](Cc3ccc(C)cc3C)N2)c(Oc2cccc(C(F)(F)F)c2)nn1. The molecule has 0 radical (unpaired) electrons. The number of oxime groups is 1. The van der Waals surface area contributed by atoms with Gasteiger partial charge in [-0.15, -0.1) is 10.2 Å². The van der Waals surface area contributed by atoms with E-state index in [1.54, 1.807) is 6.07 Å². The van der Waals surface area contributed by atoms with Gasteiger partial charge in [0.1, 0.15) is 23.8 Å². The average molecular weight is 513 g/mol. The molecule has 2 heterocycles. The molecular formula is C27H27F3N4O3. The monoisotopic (exact) mass is 512 g/mol. The van der Waals surface area contributed by atoms with Crippen LogP contribution in [-0.4, -0.2) is 35.3 Å². The van der Waals surface area contributed by atoms with Gasteiger partial charge in [0.05, 0.1) is 23.8 Å². The van der Waals surface area contributed by atoms with Crippen molar-refractivity contribution in [1.29, 1.82) is 0 Å². The van der Waals surface area contributed by atoms with Crippen molar-refractivity contribution in [3.8, 4) is 11.6 Å². The first-order chi connectivity index (χ1) is 17.6. The van der Waals surface area contributed by atoms with Crippen LogP contribution >= 0.6 is 0 Å². The van der Waals surface area contributed by atoms with Gasteiger partial charge < -0.3 is 19.6 Å². The molecule has 1 aliphatic rings. The summed E-state index contributed by atoms with van der Waals surface area (Å²) in [6.07, 6.45) is -3.84. The van der Waals surface area contributed by atoms with E-state index >= 15 is 0 Å². The van der Waals surface area contributed by atoms with Gasteiger partial charge in [-0.1, -0.05) is 41.6 Å². The number of rotatable bonds is 8. The van der Waals surface area contributed by atoms with Gasteiger partial charge in [0, 0.05) is 0 Å². The largest absolute Gasteiger partial charge is 0.492 e. The fourth-order valence-electron chi connectivity index (χ4n) is 3.89. The maximum Gasteiger partial charge on any atom is 0.416 e. The molecule has 1 N–H and O–H groups in total. The van der Waals surface area contributed by atoms with Gasteiger partial charge in [0.15, 0.2) is 5.84 Å². The topological polar surface area (TPSA) is 77.9 Å². The number of hydrogen-bond donors (Lipinski definition) is 1. The summed E-state index contributed by atoms with van der Waals surface area (Å²) in [5.74, 6) is 0.495. The number of aromatic nitrogens is 2. The molecule has 1 aliphatic heterocycles.